The Balaban J connectivity index is 1.91. The van der Waals surface area contributed by atoms with E-state index in [-0.39, 0.29) is 18.1 Å². The number of aromatic nitrogens is 2. The molecule has 0 spiro atoms. The molecule has 0 aliphatic carbocycles. The van der Waals surface area contributed by atoms with Crippen LogP contribution in [0.1, 0.15) is 18.1 Å². The molecule has 0 atom stereocenters. The third kappa shape index (κ3) is 2.97. The molecule has 5 nitrogen and oxygen atoms in total. The van der Waals surface area contributed by atoms with Crippen molar-refractivity contribution in [2.75, 3.05) is 5.32 Å². The normalized spacial score (nSPS) is 11.0. The van der Waals surface area contributed by atoms with E-state index in [1.54, 1.807) is 4.57 Å². The largest absolute Gasteiger partial charge is 0.329 e. The fourth-order valence-corrected chi connectivity index (χ4v) is 3.12. The van der Waals surface area contributed by atoms with Crippen molar-refractivity contribution in [1.82, 2.24) is 9.13 Å². The van der Waals surface area contributed by atoms with Gasteiger partial charge in [0.25, 0.3) is 0 Å². The summed E-state index contributed by atoms with van der Waals surface area (Å²) in [5.41, 5.74) is 4.40. The predicted octanol–water partition coefficient (Wildman–Crippen LogP) is 3.08. The van der Waals surface area contributed by atoms with Crippen molar-refractivity contribution in [1.29, 1.82) is 0 Å². The zero-order chi connectivity index (χ0) is 17.3. The molecular weight excluding hydrogens is 302 g/mol. The van der Waals surface area contributed by atoms with E-state index in [4.69, 9.17) is 0 Å². The first kappa shape index (κ1) is 16.1. The van der Waals surface area contributed by atoms with E-state index >= 15 is 0 Å². The van der Waals surface area contributed by atoms with E-state index in [1.165, 1.54) is 4.57 Å². The lowest BCUT2D eigenvalue weighted by Crippen LogP contribution is -2.29. The molecule has 1 aromatic heterocycles. The molecule has 24 heavy (non-hydrogen) atoms. The first-order chi connectivity index (χ1) is 11.5. The molecular formula is C19H21N3O2. The molecule has 0 unspecified atom stereocenters. The SMILES string of the molecule is CCn1c(=O)n(CC(=O)Nc2cc(C)cc(C)c2)c2ccccc21. The Kier molecular flexibility index (Phi) is 4.25. The standard InChI is InChI=1S/C19H21N3O2/c1-4-21-16-7-5-6-8-17(16)22(19(21)24)12-18(23)20-15-10-13(2)9-14(3)11-15/h5-11H,4,12H2,1-3H3,(H,20,23). The summed E-state index contributed by atoms with van der Waals surface area (Å²) in [5.74, 6) is -0.207. The molecule has 3 aromatic rings. The number of hydrogen-bond donors (Lipinski definition) is 1. The Hall–Kier alpha value is -2.82. The molecule has 2 aromatic carbocycles. The lowest BCUT2D eigenvalue weighted by Gasteiger charge is -2.08. The number of anilines is 1. The van der Waals surface area contributed by atoms with Crippen molar-refractivity contribution in [3.8, 4) is 0 Å². The summed E-state index contributed by atoms with van der Waals surface area (Å²) in [5, 5.41) is 2.88. The van der Waals surface area contributed by atoms with Crippen LogP contribution in [-0.4, -0.2) is 15.0 Å². The number of para-hydroxylation sites is 2. The van der Waals surface area contributed by atoms with Crippen LogP contribution in [0.2, 0.25) is 0 Å². The molecule has 124 valence electrons. The van der Waals surface area contributed by atoms with Crippen LogP contribution in [0, 0.1) is 13.8 Å². The van der Waals surface area contributed by atoms with Crippen LogP contribution in [0.25, 0.3) is 11.0 Å². The van der Waals surface area contributed by atoms with Gasteiger partial charge in [0.05, 0.1) is 11.0 Å². The van der Waals surface area contributed by atoms with Gasteiger partial charge in [-0.3, -0.25) is 13.9 Å². The van der Waals surface area contributed by atoms with Crippen LogP contribution in [-0.2, 0) is 17.9 Å². The van der Waals surface area contributed by atoms with Crippen molar-refractivity contribution >= 4 is 22.6 Å². The van der Waals surface area contributed by atoms with Crippen LogP contribution in [0.5, 0.6) is 0 Å². The van der Waals surface area contributed by atoms with Gasteiger partial charge < -0.3 is 5.32 Å². The molecule has 5 heteroatoms. The molecule has 0 aliphatic heterocycles. The molecule has 0 radical (unpaired) electrons. The summed E-state index contributed by atoms with van der Waals surface area (Å²) >= 11 is 0. The molecule has 3 rings (SSSR count). The second-order valence-electron chi connectivity index (χ2n) is 6.03. The van der Waals surface area contributed by atoms with E-state index < -0.39 is 0 Å². The van der Waals surface area contributed by atoms with Gasteiger partial charge in [-0.05, 0) is 56.2 Å². The minimum atomic E-state index is -0.207. The topological polar surface area (TPSA) is 56.0 Å². The molecule has 0 aliphatic rings. The van der Waals surface area contributed by atoms with Gasteiger partial charge in [-0.25, -0.2) is 4.79 Å². The number of imidazole rings is 1. The zero-order valence-corrected chi connectivity index (χ0v) is 14.2. The van der Waals surface area contributed by atoms with Crippen molar-refractivity contribution in [3.05, 3.63) is 64.1 Å². The number of amides is 1. The number of carbonyl (C=O) groups is 1. The molecule has 0 fully saturated rings. The molecule has 0 bridgehead atoms. The summed E-state index contributed by atoms with van der Waals surface area (Å²) in [6.07, 6.45) is 0. The molecule has 1 amide bonds. The van der Waals surface area contributed by atoms with Crippen LogP contribution >= 0.6 is 0 Å². The number of hydrogen-bond acceptors (Lipinski definition) is 2. The van der Waals surface area contributed by atoms with E-state index in [1.807, 2.05) is 57.2 Å². The van der Waals surface area contributed by atoms with E-state index in [2.05, 4.69) is 11.4 Å². The highest BCUT2D eigenvalue weighted by atomic mass is 16.2. The number of benzene rings is 2. The first-order valence-electron chi connectivity index (χ1n) is 8.06. The fraction of sp³-hybridized carbons (Fsp3) is 0.263. The number of aryl methyl sites for hydroxylation is 3. The summed E-state index contributed by atoms with van der Waals surface area (Å²) in [7, 11) is 0. The fourth-order valence-electron chi connectivity index (χ4n) is 3.12. The average Bonchev–Trinajstić information content (AvgIpc) is 2.78. The summed E-state index contributed by atoms with van der Waals surface area (Å²) in [6.45, 7) is 6.47. The maximum Gasteiger partial charge on any atom is 0.329 e. The highest BCUT2D eigenvalue weighted by molar-refractivity contribution is 5.91. The summed E-state index contributed by atoms with van der Waals surface area (Å²) < 4.78 is 3.20. The highest BCUT2D eigenvalue weighted by Crippen LogP contribution is 2.15. The van der Waals surface area contributed by atoms with Gasteiger partial charge in [0, 0.05) is 12.2 Å². The van der Waals surface area contributed by atoms with Crippen LogP contribution in [0.4, 0.5) is 5.69 Å². The van der Waals surface area contributed by atoms with Crippen molar-refractivity contribution in [2.24, 2.45) is 0 Å². The van der Waals surface area contributed by atoms with Gasteiger partial charge >= 0.3 is 5.69 Å². The summed E-state index contributed by atoms with van der Waals surface area (Å²) in [4.78, 5) is 25.0. The Morgan fingerprint density at radius 1 is 1.00 bits per heavy atom. The van der Waals surface area contributed by atoms with Gasteiger partial charge in [-0.1, -0.05) is 18.2 Å². The Morgan fingerprint density at radius 2 is 1.58 bits per heavy atom. The third-order valence-corrected chi connectivity index (χ3v) is 4.05. The zero-order valence-electron chi connectivity index (χ0n) is 14.2. The van der Waals surface area contributed by atoms with Gasteiger partial charge in [0.2, 0.25) is 5.91 Å². The predicted molar refractivity (Wildman–Crippen MR) is 96.4 cm³/mol. The van der Waals surface area contributed by atoms with Crippen molar-refractivity contribution < 1.29 is 4.79 Å². The smallest absolute Gasteiger partial charge is 0.325 e. The summed E-state index contributed by atoms with van der Waals surface area (Å²) in [6, 6.07) is 13.4. The second kappa shape index (κ2) is 6.35. The monoisotopic (exact) mass is 323 g/mol. The quantitative estimate of drug-likeness (QED) is 0.802. The average molecular weight is 323 g/mol. The van der Waals surface area contributed by atoms with Crippen LogP contribution in [0.3, 0.4) is 0 Å². The minimum Gasteiger partial charge on any atom is -0.325 e. The Labute approximate surface area is 140 Å². The van der Waals surface area contributed by atoms with E-state index in [9.17, 15) is 9.59 Å². The number of nitrogens with zero attached hydrogens (tertiary/aromatic N) is 2. The van der Waals surface area contributed by atoms with E-state index in [0.29, 0.717) is 6.54 Å². The maximum atomic E-state index is 12.6. The van der Waals surface area contributed by atoms with E-state index in [0.717, 1.165) is 27.8 Å². The van der Waals surface area contributed by atoms with Crippen molar-refractivity contribution in [3.63, 3.8) is 0 Å². The number of nitrogens with one attached hydrogen (secondary N) is 1. The lowest BCUT2D eigenvalue weighted by atomic mass is 10.1. The van der Waals surface area contributed by atoms with Gasteiger partial charge in [0.1, 0.15) is 6.54 Å². The van der Waals surface area contributed by atoms with Gasteiger partial charge in [-0.15, -0.1) is 0 Å². The third-order valence-electron chi connectivity index (χ3n) is 4.05. The highest BCUT2D eigenvalue weighted by Gasteiger charge is 2.14. The number of fused-ring (bicyclic) bond motifs is 1. The van der Waals surface area contributed by atoms with Crippen LogP contribution in [0.15, 0.2) is 47.3 Å². The molecule has 1 heterocycles. The maximum absolute atomic E-state index is 12.6. The van der Waals surface area contributed by atoms with Gasteiger partial charge in [-0.2, -0.15) is 0 Å². The molecule has 0 saturated heterocycles. The van der Waals surface area contributed by atoms with Crippen LogP contribution < -0.4 is 11.0 Å². The number of carbonyl (C=O) groups excluding carboxylic acids is 1. The van der Waals surface area contributed by atoms with Gasteiger partial charge in [0.15, 0.2) is 0 Å². The molecule has 1 N–H and O–H groups in total. The number of rotatable bonds is 4. The minimum absolute atomic E-state index is 0.000659. The second-order valence-corrected chi connectivity index (χ2v) is 6.03. The molecule has 0 saturated carbocycles. The lowest BCUT2D eigenvalue weighted by molar-refractivity contribution is -0.116. The Morgan fingerprint density at radius 3 is 2.17 bits per heavy atom. The first-order valence-corrected chi connectivity index (χ1v) is 8.06. The Bertz CT molecular complexity index is 946. The van der Waals surface area contributed by atoms with Crippen molar-refractivity contribution in [2.45, 2.75) is 33.9 Å².